The van der Waals surface area contributed by atoms with E-state index >= 15 is 0 Å². The summed E-state index contributed by atoms with van der Waals surface area (Å²) in [5.41, 5.74) is 0.805. The summed E-state index contributed by atoms with van der Waals surface area (Å²) in [6, 6.07) is 4.30. The highest BCUT2D eigenvalue weighted by molar-refractivity contribution is 5.83. The summed E-state index contributed by atoms with van der Waals surface area (Å²) >= 11 is 0. The molecule has 1 saturated heterocycles. The third-order valence-electron chi connectivity index (χ3n) is 2.41. The maximum atomic E-state index is 11.2. The van der Waals surface area contributed by atoms with Crippen molar-refractivity contribution in [2.24, 2.45) is 0 Å². The van der Waals surface area contributed by atoms with Gasteiger partial charge in [0.1, 0.15) is 0 Å². The molecule has 1 aliphatic rings. The van der Waals surface area contributed by atoms with Crippen LogP contribution in [0.25, 0.3) is 0 Å². The van der Waals surface area contributed by atoms with Gasteiger partial charge in [0.05, 0.1) is 12.7 Å². The number of carbonyl (C=O) groups is 1. The van der Waals surface area contributed by atoms with Crippen LogP contribution in [0.4, 0.5) is 0 Å². The molecule has 1 unspecified atom stereocenters. The van der Waals surface area contributed by atoms with Gasteiger partial charge in [0.25, 0.3) is 0 Å². The Morgan fingerprint density at radius 3 is 2.73 bits per heavy atom. The van der Waals surface area contributed by atoms with Crippen LogP contribution in [-0.4, -0.2) is 28.8 Å². The first-order chi connectivity index (χ1) is 7.16. The van der Waals surface area contributed by atoms with Gasteiger partial charge in [0, 0.05) is 0 Å². The third kappa shape index (κ3) is 2.02. The van der Waals surface area contributed by atoms with Gasteiger partial charge in [0.15, 0.2) is 11.5 Å². The van der Waals surface area contributed by atoms with Crippen molar-refractivity contribution < 1.29 is 15.0 Å². The molecule has 0 aromatic heterocycles. The maximum Gasteiger partial charge on any atom is 0.238 e. The van der Waals surface area contributed by atoms with Gasteiger partial charge in [-0.2, -0.15) is 0 Å². The van der Waals surface area contributed by atoms with Crippen molar-refractivity contribution in [3.63, 3.8) is 0 Å². The molecule has 80 valence electrons. The standard InChI is InChI=1S/C10H12N2O3/c13-8-2-1-6(4-9(8)14)3-7-10(15)12-5-11-7/h1-2,4,7,11,13-14H,3,5H2,(H,12,15). The lowest BCUT2D eigenvalue weighted by atomic mass is 10.1. The van der Waals surface area contributed by atoms with Crippen molar-refractivity contribution in [1.29, 1.82) is 0 Å². The Balaban J connectivity index is 2.10. The zero-order valence-corrected chi connectivity index (χ0v) is 8.03. The van der Waals surface area contributed by atoms with Crippen LogP contribution in [-0.2, 0) is 11.2 Å². The van der Waals surface area contributed by atoms with E-state index in [-0.39, 0.29) is 23.4 Å². The van der Waals surface area contributed by atoms with E-state index in [1.165, 1.54) is 12.1 Å². The first-order valence-electron chi connectivity index (χ1n) is 4.69. The van der Waals surface area contributed by atoms with Crippen LogP contribution >= 0.6 is 0 Å². The predicted molar refractivity (Wildman–Crippen MR) is 53.4 cm³/mol. The fourth-order valence-corrected chi connectivity index (χ4v) is 1.57. The van der Waals surface area contributed by atoms with E-state index in [0.29, 0.717) is 13.1 Å². The highest BCUT2D eigenvalue weighted by atomic mass is 16.3. The molecule has 1 aliphatic heterocycles. The van der Waals surface area contributed by atoms with Crippen LogP contribution in [0.2, 0.25) is 0 Å². The molecule has 1 fully saturated rings. The largest absolute Gasteiger partial charge is 0.504 e. The minimum atomic E-state index is -0.256. The normalized spacial score (nSPS) is 20.3. The quantitative estimate of drug-likeness (QED) is 0.502. The average molecular weight is 208 g/mol. The topological polar surface area (TPSA) is 81.6 Å². The molecule has 2 rings (SSSR count). The second-order valence-corrected chi connectivity index (χ2v) is 3.50. The molecule has 5 nitrogen and oxygen atoms in total. The number of benzene rings is 1. The van der Waals surface area contributed by atoms with E-state index in [0.717, 1.165) is 5.56 Å². The van der Waals surface area contributed by atoms with Crippen LogP contribution in [0.3, 0.4) is 0 Å². The van der Waals surface area contributed by atoms with Crippen molar-refractivity contribution in [2.45, 2.75) is 12.5 Å². The van der Waals surface area contributed by atoms with Crippen LogP contribution in [0.5, 0.6) is 11.5 Å². The highest BCUT2D eigenvalue weighted by Crippen LogP contribution is 2.25. The molecule has 0 radical (unpaired) electrons. The number of phenols is 2. The van der Waals surface area contributed by atoms with Crippen molar-refractivity contribution in [3.05, 3.63) is 23.8 Å². The average Bonchev–Trinajstić information content (AvgIpc) is 2.59. The maximum absolute atomic E-state index is 11.2. The van der Waals surface area contributed by atoms with Gasteiger partial charge in [-0.05, 0) is 24.1 Å². The number of phenolic OH excluding ortho intramolecular Hbond substituents is 2. The molecule has 0 bridgehead atoms. The zero-order valence-electron chi connectivity index (χ0n) is 8.03. The van der Waals surface area contributed by atoms with E-state index in [1.54, 1.807) is 6.07 Å². The molecule has 0 aliphatic carbocycles. The molecule has 0 spiro atoms. The molecular weight excluding hydrogens is 196 g/mol. The number of hydrogen-bond acceptors (Lipinski definition) is 4. The van der Waals surface area contributed by atoms with Gasteiger partial charge in [-0.15, -0.1) is 0 Å². The van der Waals surface area contributed by atoms with E-state index in [1.807, 2.05) is 0 Å². The lowest BCUT2D eigenvalue weighted by Crippen LogP contribution is -2.30. The number of aromatic hydroxyl groups is 2. The number of hydrogen-bond donors (Lipinski definition) is 4. The smallest absolute Gasteiger partial charge is 0.238 e. The summed E-state index contributed by atoms with van der Waals surface area (Å²) in [6.07, 6.45) is 0.500. The van der Waals surface area contributed by atoms with Gasteiger partial charge in [-0.25, -0.2) is 0 Å². The Hall–Kier alpha value is -1.75. The molecule has 5 heteroatoms. The second-order valence-electron chi connectivity index (χ2n) is 3.50. The fraction of sp³-hybridized carbons (Fsp3) is 0.300. The van der Waals surface area contributed by atoms with E-state index in [4.69, 9.17) is 5.11 Å². The minimum Gasteiger partial charge on any atom is -0.504 e. The van der Waals surface area contributed by atoms with E-state index in [9.17, 15) is 9.90 Å². The van der Waals surface area contributed by atoms with Crippen LogP contribution < -0.4 is 10.6 Å². The molecule has 1 aromatic carbocycles. The van der Waals surface area contributed by atoms with Crippen molar-refractivity contribution in [3.8, 4) is 11.5 Å². The third-order valence-corrected chi connectivity index (χ3v) is 2.41. The van der Waals surface area contributed by atoms with Crippen LogP contribution in [0.1, 0.15) is 5.56 Å². The highest BCUT2D eigenvalue weighted by Gasteiger charge is 2.23. The molecule has 4 N–H and O–H groups in total. The van der Waals surface area contributed by atoms with Gasteiger partial charge in [0.2, 0.25) is 5.91 Å². The lowest BCUT2D eigenvalue weighted by Gasteiger charge is -2.08. The Morgan fingerprint density at radius 2 is 2.13 bits per heavy atom. The first kappa shape index (κ1) is 9.79. The van der Waals surface area contributed by atoms with Gasteiger partial charge in [-0.3, -0.25) is 10.1 Å². The summed E-state index contributed by atoms with van der Waals surface area (Å²) in [4.78, 5) is 11.2. The molecule has 15 heavy (non-hydrogen) atoms. The monoisotopic (exact) mass is 208 g/mol. The number of nitrogens with one attached hydrogen (secondary N) is 2. The van der Waals surface area contributed by atoms with E-state index < -0.39 is 0 Å². The van der Waals surface area contributed by atoms with Crippen LogP contribution in [0, 0.1) is 0 Å². The number of carbonyl (C=O) groups excluding carboxylic acids is 1. The Morgan fingerprint density at radius 1 is 1.33 bits per heavy atom. The summed E-state index contributed by atoms with van der Waals surface area (Å²) in [5.74, 6) is -0.351. The molecule has 1 amide bonds. The Kier molecular flexibility index (Phi) is 2.47. The fourth-order valence-electron chi connectivity index (χ4n) is 1.57. The zero-order chi connectivity index (χ0) is 10.8. The number of amides is 1. The summed E-state index contributed by atoms with van der Waals surface area (Å²) in [7, 11) is 0. The summed E-state index contributed by atoms with van der Waals surface area (Å²) in [5, 5.41) is 24.0. The molecule has 1 atom stereocenters. The minimum absolute atomic E-state index is 0.0393. The predicted octanol–water partition coefficient (Wildman–Crippen LogP) is -0.314. The van der Waals surface area contributed by atoms with Gasteiger partial charge in [-0.1, -0.05) is 6.07 Å². The SMILES string of the molecule is O=C1NCNC1Cc1ccc(O)c(O)c1. The van der Waals surface area contributed by atoms with E-state index in [2.05, 4.69) is 10.6 Å². The van der Waals surface area contributed by atoms with Crippen molar-refractivity contribution in [1.82, 2.24) is 10.6 Å². The Labute approximate surface area is 86.7 Å². The van der Waals surface area contributed by atoms with Gasteiger partial charge < -0.3 is 15.5 Å². The van der Waals surface area contributed by atoms with Crippen LogP contribution in [0.15, 0.2) is 18.2 Å². The van der Waals surface area contributed by atoms with Crippen molar-refractivity contribution >= 4 is 5.91 Å². The van der Waals surface area contributed by atoms with Crippen molar-refractivity contribution in [2.75, 3.05) is 6.67 Å². The summed E-state index contributed by atoms with van der Waals surface area (Å²) in [6.45, 7) is 0.480. The summed E-state index contributed by atoms with van der Waals surface area (Å²) < 4.78 is 0. The molecule has 0 saturated carbocycles. The molecular formula is C10H12N2O3. The Bertz CT molecular complexity index is 392. The first-order valence-corrected chi connectivity index (χ1v) is 4.69. The number of rotatable bonds is 2. The second kappa shape index (κ2) is 3.78. The van der Waals surface area contributed by atoms with Gasteiger partial charge >= 0.3 is 0 Å². The molecule has 1 aromatic rings. The lowest BCUT2D eigenvalue weighted by molar-refractivity contribution is -0.120. The molecule has 1 heterocycles.